The molecule has 2 aromatic carbocycles. The van der Waals surface area contributed by atoms with Crippen LogP contribution in [0.25, 0.3) is 22.2 Å². The van der Waals surface area contributed by atoms with Crippen molar-refractivity contribution in [2.45, 2.75) is 32.4 Å². The van der Waals surface area contributed by atoms with Crippen LogP contribution in [0.4, 0.5) is 0 Å². The van der Waals surface area contributed by atoms with E-state index in [-0.39, 0.29) is 6.04 Å². The Morgan fingerprint density at radius 2 is 2.04 bits per heavy atom. The molecule has 1 aromatic heterocycles. The number of nitrogens with one attached hydrogen (secondary N) is 1. The average Bonchev–Trinajstić information content (AvgIpc) is 3.28. The van der Waals surface area contributed by atoms with Gasteiger partial charge in [0.05, 0.1) is 12.7 Å². The van der Waals surface area contributed by atoms with Gasteiger partial charge in [0.1, 0.15) is 11.8 Å². The highest BCUT2D eigenvalue weighted by Gasteiger charge is 2.31. The van der Waals surface area contributed by atoms with Gasteiger partial charge < -0.3 is 19.7 Å². The van der Waals surface area contributed by atoms with Crippen molar-refractivity contribution in [2.24, 2.45) is 5.92 Å². The fourth-order valence-corrected chi connectivity index (χ4v) is 3.14. The first-order chi connectivity index (χ1) is 12.6. The first kappa shape index (κ1) is 17.0. The van der Waals surface area contributed by atoms with Crippen LogP contribution in [0.1, 0.15) is 32.2 Å². The van der Waals surface area contributed by atoms with Crippen LogP contribution in [0.5, 0.6) is 5.75 Å². The van der Waals surface area contributed by atoms with Gasteiger partial charge in [-0.2, -0.15) is 4.98 Å². The lowest BCUT2D eigenvalue weighted by Gasteiger charge is -2.09. The molecule has 26 heavy (non-hydrogen) atoms. The fraction of sp³-hybridized carbons (Fsp3) is 0.400. The van der Waals surface area contributed by atoms with Crippen LogP contribution in [0.15, 0.2) is 40.9 Å². The lowest BCUT2D eigenvalue weighted by Crippen LogP contribution is -2.21. The minimum absolute atomic E-state index is 0.280. The standard InChI is InChI=1S/C20H23N3O3/c1-12(2)11-25-16-6-5-13-9-15(4-3-14(13)10-16)19-22-20(26-23-19)18-17(24)7-8-21-18/h3-6,9-10,12,17-18,21,24H,7-8,11H2,1-2H3/t17-,18?/m0/s1. The molecule has 136 valence electrons. The van der Waals surface area contributed by atoms with E-state index in [9.17, 15) is 5.11 Å². The molecule has 3 aromatic rings. The number of aliphatic hydroxyl groups is 1. The Morgan fingerprint density at radius 1 is 1.23 bits per heavy atom. The van der Waals surface area contributed by atoms with Gasteiger partial charge in [0, 0.05) is 5.56 Å². The van der Waals surface area contributed by atoms with E-state index in [0.29, 0.717) is 30.7 Å². The molecule has 1 aliphatic heterocycles. The zero-order valence-electron chi connectivity index (χ0n) is 15.0. The van der Waals surface area contributed by atoms with Gasteiger partial charge in [-0.05, 0) is 47.9 Å². The maximum absolute atomic E-state index is 9.97. The normalized spacial score (nSPS) is 20.2. The van der Waals surface area contributed by atoms with E-state index in [0.717, 1.165) is 28.6 Å². The SMILES string of the molecule is CC(C)COc1ccc2cc(-c3noc(C4NCC[C@@H]4O)n3)ccc2c1. The molecular formula is C20H23N3O3. The number of ether oxygens (including phenoxy) is 1. The van der Waals surface area contributed by atoms with E-state index in [4.69, 9.17) is 9.26 Å². The van der Waals surface area contributed by atoms with Gasteiger partial charge in [-0.3, -0.25) is 0 Å². The van der Waals surface area contributed by atoms with Crippen LogP contribution in [-0.2, 0) is 0 Å². The summed E-state index contributed by atoms with van der Waals surface area (Å²) in [5, 5.41) is 19.4. The van der Waals surface area contributed by atoms with Crippen LogP contribution < -0.4 is 10.1 Å². The average molecular weight is 353 g/mol. The van der Waals surface area contributed by atoms with Crippen LogP contribution in [0, 0.1) is 5.92 Å². The Labute approximate surface area is 152 Å². The number of rotatable bonds is 5. The number of hydrogen-bond acceptors (Lipinski definition) is 6. The smallest absolute Gasteiger partial charge is 0.246 e. The van der Waals surface area contributed by atoms with Crippen LogP contribution >= 0.6 is 0 Å². The molecule has 6 heteroatoms. The van der Waals surface area contributed by atoms with Crippen molar-refractivity contribution in [3.05, 3.63) is 42.3 Å². The van der Waals surface area contributed by atoms with Crippen molar-refractivity contribution in [2.75, 3.05) is 13.2 Å². The number of aliphatic hydroxyl groups excluding tert-OH is 1. The van der Waals surface area contributed by atoms with Crippen molar-refractivity contribution >= 4 is 10.8 Å². The summed E-state index contributed by atoms with van der Waals surface area (Å²) in [4.78, 5) is 4.46. The van der Waals surface area contributed by atoms with Gasteiger partial charge in [0.2, 0.25) is 11.7 Å². The fourth-order valence-electron chi connectivity index (χ4n) is 3.14. The summed E-state index contributed by atoms with van der Waals surface area (Å²) in [5.74, 6) is 2.33. The van der Waals surface area contributed by atoms with E-state index in [1.54, 1.807) is 0 Å². The zero-order chi connectivity index (χ0) is 18.1. The first-order valence-corrected chi connectivity index (χ1v) is 9.02. The van der Waals surface area contributed by atoms with Crippen LogP contribution in [-0.4, -0.2) is 34.5 Å². The topological polar surface area (TPSA) is 80.4 Å². The van der Waals surface area contributed by atoms with Gasteiger partial charge in [-0.15, -0.1) is 0 Å². The molecule has 0 spiro atoms. The maximum Gasteiger partial charge on any atom is 0.246 e. The summed E-state index contributed by atoms with van der Waals surface area (Å²) in [6, 6.07) is 11.8. The molecule has 6 nitrogen and oxygen atoms in total. The Bertz CT molecular complexity index is 906. The molecule has 0 bridgehead atoms. The van der Waals surface area contributed by atoms with Crippen LogP contribution in [0.3, 0.4) is 0 Å². The zero-order valence-corrected chi connectivity index (χ0v) is 15.0. The van der Waals surface area contributed by atoms with Crippen molar-refractivity contribution < 1.29 is 14.4 Å². The molecule has 0 radical (unpaired) electrons. The highest BCUT2D eigenvalue weighted by molar-refractivity contribution is 5.87. The van der Waals surface area contributed by atoms with E-state index in [1.807, 2.05) is 36.4 Å². The predicted molar refractivity (Wildman–Crippen MR) is 98.9 cm³/mol. The minimum Gasteiger partial charge on any atom is -0.493 e. The molecule has 1 unspecified atom stereocenters. The second-order valence-electron chi connectivity index (χ2n) is 7.17. The van der Waals surface area contributed by atoms with E-state index < -0.39 is 6.10 Å². The highest BCUT2D eigenvalue weighted by Crippen LogP contribution is 2.28. The third-order valence-electron chi connectivity index (χ3n) is 4.55. The maximum atomic E-state index is 9.97. The van der Waals surface area contributed by atoms with Crippen molar-refractivity contribution in [3.63, 3.8) is 0 Å². The molecule has 0 saturated carbocycles. The molecule has 0 amide bonds. The number of hydrogen-bond donors (Lipinski definition) is 2. The van der Waals surface area contributed by atoms with Gasteiger partial charge in [0.25, 0.3) is 0 Å². The Hall–Kier alpha value is -2.44. The van der Waals surface area contributed by atoms with Crippen molar-refractivity contribution in [3.8, 4) is 17.1 Å². The third kappa shape index (κ3) is 3.43. The molecule has 0 aliphatic carbocycles. The number of fused-ring (bicyclic) bond motifs is 1. The van der Waals surface area contributed by atoms with Gasteiger partial charge in [-0.25, -0.2) is 0 Å². The van der Waals surface area contributed by atoms with Crippen LogP contribution in [0.2, 0.25) is 0 Å². The molecule has 1 saturated heterocycles. The molecule has 2 atom stereocenters. The Balaban J connectivity index is 1.57. The predicted octanol–water partition coefficient (Wildman–Crippen LogP) is 3.32. The van der Waals surface area contributed by atoms with E-state index in [2.05, 4.69) is 29.3 Å². The summed E-state index contributed by atoms with van der Waals surface area (Å²) in [7, 11) is 0. The largest absolute Gasteiger partial charge is 0.493 e. The number of benzene rings is 2. The quantitative estimate of drug-likeness (QED) is 0.732. The highest BCUT2D eigenvalue weighted by atomic mass is 16.5. The lowest BCUT2D eigenvalue weighted by molar-refractivity contribution is 0.142. The Kier molecular flexibility index (Phi) is 4.61. The first-order valence-electron chi connectivity index (χ1n) is 9.02. The summed E-state index contributed by atoms with van der Waals surface area (Å²) in [6.07, 6.45) is 0.212. The molecule has 1 fully saturated rings. The van der Waals surface area contributed by atoms with Gasteiger partial charge in [-0.1, -0.05) is 37.2 Å². The molecule has 1 aliphatic rings. The second-order valence-corrected chi connectivity index (χ2v) is 7.17. The number of nitrogens with zero attached hydrogens (tertiary/aromatic N) is 2. The van der Waals surface area contributed by atoms with E-state index >= 15 is 0 Å². The molecule has 2 heterocycles. The lowest BCUT2D eigenvalue weighted by atomic mass is 10.1. The number of aromatic nitrogens is 2. The van der Waals surface area contributed by atoms with E-state index in [1.165, 1.54) is 0 Å². The third-order valence-corrected chi connectivity index (χ3v) is 4.55. The summed E-state index contributed by atoms with van der Waals surface area (Å²) < 4.78 is 11.1. The van der Waals surface area contributed by atoms with Crippen molar-refractivity contribution in [1.82, 2.24) is 15.5 Å². The molecule has 2 N–H and O–H groups in total. The minimum atomic E-state index is -0.482. The Morgan fingerprint density at radius 3 is 2.81 bits per heavy atom. The molecule has 4 rings (SSSR count). The molecular weight excluding hydrogens is 330 g/mol. The van der Waals surface area contributed by atoms with Crippen molar-refractivity contribution in [1.29, 1.82) is 0 Å². The summed E-state index contributed by atoms with van der Waals surface area (Å²) in [6.45, 7) is 5.72. The monoisotopic (exact) mass is 353 g/mol. The van der Waals surface area contributed by atoms with Gasteiger partial charge >= 0.3 is 0 Å². The summed E-state index contributed by atoms with van der Waals surface area (Å²) in [5.41, 5.74) is 0.885. The van der Waals surface area contributed by atoms with Gasteiger partial charge in [0.15, 0.2) is 0 Å². The second kappa shape index (κ2) is 7.05. The summed E-state index contributed by atoms with van der Waals surface area (Å²) >= 11 is 0.